The molecule has 0 saturated carbocycles. The van der Waals surface area contributed by atoms with Crippen molar-refractivity contribution in [2.75, 3.05) is 7.11 Å². The highest BCUT2D eigenvalue weighted by atomic mass is 35.5. The molecular weight excluding hydrogens is 292 g/mol. The summed E-state index contributed by atoms with van der Waals surface area (Å²) in [6.07, 6.45) is 0. The van der Waals surface area contributed by atoms with Crippen molar-refractivity contribution in [1.29, 1.82) is 0 Å². The van der Waals surface area contributed by atoms with E-state index in [-0.39, 0.29) is 10.8 Å². The third-order valence-corrected chi connectivity index (χ3v) is 3.25. The summed E-state index contributed by atoms with van der Waals surface area (Å²) in [5.41, 5.74) is 1.42. The van der Waals surface area contributed by atoms with Gasteiger partial charge in [0.15, 0.2) is 0 Å². The van der Waals surface area contributed by atoms with Crippen molar-refractivity contribution in [3.63, 3.8) is 0 Å². The standard InChI is InChI=1S/C15H11ClN2O3/c1-20-11-4-2-3-9(7-11)14-17-15(21-18-14)10-5-6-13(19)12(16)8-10/h2-8,19H,1H3. The molecule has 1 heterocycles. The number of hydrogen-bond donors (Lipinski definition) is 1. The number of rotatable bonds is 3. The van der Waals surface area contributed by atoms with Gasteiger partial charge in [0, 0.05) is 11.1 Å². The van der Waals surface area contributed by atoms with Crippen molar-refractivity contribution in [3.05, 3.63) is 47.5 Å². The zero-order valence-electron chi connectivity index (χ0n) is 11.1. The van der Waals surface area contributed by atoms with Crippen molar-refractivity contribution in [3.8, 4) is 34.3 Å². The van der Waals surface area contributed by atoms with E-state index in [4.69, 9.17) is 20.9 Å². The van der Waals surface area contributed by atoms with Crippen LogP contribution in [0.15, 0.2) is 47.0 Å². The molecule has 0 unspecified atom stereocenters. The molecule has 0 aliphatic carbocycles. The van der Waals surface area contributed by atoms with Gasteiger partial charge in [-0.2, -0.15) is 4.98 Å². The van der Waals surface area contributed by atoms with Gasteiger partial charge in [-0.05, 0) is 30.3 Å². The molecule has 0 fully saturated rings. The first-order valence-corrected chi connectivity index (χ1v) is 6.52. The van der Waals surface area contributed by atoms with E-state index in [9.17, 15) is 5.11 Å². The lowest BCUT2D eigenvalue weighted by Crippen LogP contribution is -1.85. The predicted octanol–water partition coefficient (Wildman–Crippen LogP) is 3.77. The Morgan fingerprint density at radius 2 is 2.00 bits per heavy atom. The molecule has 106 valence electrons. The van der Waals surface area contributed by atoms with Crippen LogP contribution < -0.4 is 4.74 Å². The van der Waals surface area contributed by atoms with Crippen LogP contribution in [0.2, 0.25) is 5.02 Å². The molecule has 5 nitrogen and oxygen atoms in total. The maximum absolute atomic E-state index is 9.42. The summed E-state index contributed by atoms with van der Waals surface area (Å²) in [5.74, 6) is 1.50. The number of phenols is 1. The van der Waals surface area contributed by atoms with Gasteiger partial charge in [0.05, 0.1) is 12.1 Å². The molecule has 2 aromatic carbocycles. The van der Waals surface area contributed by atoms with Gasteiger partial charge in [0.1, 0.15) is 11.5 Å². The smallest absolute Gasteiger partial charge is 0.258 e. The molecule has 21 heavy (non-hydrogen) atoms. The molecular formula is C15H11ClN2O3. The second kappa shape index (κ2) is 5.46. The van der Waals surface area contributed by atoms with Gasteiger partial charge in [0.2, 0.25) is 5.82 Å². The Kier molecular flexibility index (Phi) is 3.50. The van der Waals surface area contributed by atoms with Crippen LogP contribution in [0.1, 0.15) is 0 Å². The quantitative estimate of drug-likeness (QED) is 0.797. The third-order valence-electron chi connectivity index (χ3n) is 2.95. The van der Waals surface area contributed by atoms with Gasteiger partial charge in [-0.3, -0.25) is 0 Å². The minimum absolute atomic E-state index is 0.00736. The summed E-state index contributed by atoms with van der Waals surface area (Å²) in [6.45, 7) is 0. The van der Waals surface area contributed by atoms with E-state index in [1.807, 2.05) is 24.3 Å². The summed E-state index contributed by atoms with van der Waals surface area (Å²) in [5, 5.41) is 13.6. The van der Waals surface area contributed by atoms with E-state index in [1.54, 1.807) is 19.2 Å². The summed E-state index contributed by atoms with van der Waals surface area (Å²) in [7, 11) is 1.60. The normalized spacial score (nSPS) is 10.6. The van der Waals surface area contributed by atoms with Crippen molar-refractivity contribution in [2.45, 2.75) is 0 Å². The second-order valence-electron chi connectivity index (χ2n) is 4.32. The van der Waals surface area contributed by atoms with E-state index >= 15 is 0 Å². The van der Waals surface area contributed by atoms with Crippen LogP contribution in [0.3, 0.4) is 0 Å². The lowest BCUT2D eigenvalue weighted by Gasteiger charge is -2.00. The van der Waals surface area contributed by atoms with Crippen molar-refractivity contribution < 1.29 is 14.4 Å². The number of aromatic hydroxyl groups is 1. The van der Waals surface area contributed by atoms with Gasteiger partial charge in [-0.1, -0.05) is 28.9 Å². The summed E-state index contributed by atoms with van der Waals surface area (Å²) in [4.78, 5) is 4.32. The van der Waals surface area contributed by atoms with E-state index in [0.717, 1.165) is 5.56 Å². The average molecular weight is 303 g/mol. The number of halogens is 1. The topological polar surface area (TPSA) is 68.4 Å². The van der Waals surface area contributed by atoms with Crippen LogP contribution in [0.5, 0.6) is 11.5 Å². The zero-order chi connectivity index (χ0) is 14.8. The van der Waals surface area contributed by atoms with E-state index in [0.29, 0.717) is 23.0 Å². The number of aromatic nitrogens is 2. The average Bonchev–Trinajstić information content (AvgIpc) is 3.00. The highest BCUT2D eigenvalue weighted by Gasteiger charge is 2.12. The van der Waals surface area contributed by atoms with E-state index < -0.39 is 0 Å². The van der Waals surface area contributed by atoms with Crippen LogP contribution in [-0.2, 0) is 0 Å². The predicted molar refractivity (Wildman–Crippen MR) is 78.4 cm³/mol. The highest BCUT2D eigenvalue weighted by molar-refractivity contribution is 6.32. The summed E-state index contributed by atoms with van der Waals surface area (Å²) < 4.78 is 10.4. The Balaban J connectivity index is 1.97. The van der Waals surface area contributed by atoms with Gasteiger partial charge in [0.25, 0.3) is 5.89 Å². The first-order valence-electron chi connectivity index (χ1n) is 6.14. The van der Waals surface area contributed by atoms with E-state index in [2.05, 4.69) is 10.1 Å². The molecule has 0 aliphatic rings. The number of benzene rings is 2. The van der Waals surface area contributed by atoms with Gasteiger partial charge >= 0.3 is 0 Å². The largest absolute Gasteiger partial charge is 0.506 e. The molecule has 0 aliphatic heterocycles. The van der Waals surface area contributed by atoms with Crippen LogP contribution >= 0.6 is 11.6 Å². The first kappa shape index (κ1) is 13.5. The number of methoxy groups -OCH3 is 1. The molecule has 6 heteroatoms. The molecule has 0 atom stereocenters. The summed E-state index contributed by atoms with van der Waals surface area (Å²) >= 11 is 5.87. The SMILES string of the molecule is COc1cccc(-c2noc(-c3ccc(O)c(Cl)c3)n2)c1. The minimum atomic E-state index is 0.00736. The fraction of sp³-hybridized carbons (Fsp3) is 0.0667. The molecule has 3 aromatic rings. The molecule has 0 saturated heterocycles. The number of ether oxygens (including phenoxy) is 1. The van der Waals surface area contributed by atoms with Gasteiger partial charge in [-0.15, -0.1) is 0 Å². The van der Waals surface area contributed by atoms with Gasteiger partial charge in [-0.25, -0.2) is 0 Å². The maximum atomic E-state index is 9.42. The van der Waals surface area contributed by atoms with E-state index in [1.165, 1.54) is 6.07 Å². The molecule has 0 bridgehead atoms. The maximum Gasteiger partial charge on any atom is 0.258 e. The number of phenolic OH excluding ortho intramolecular Hbond substituents is 1. The molecule has 1 N–H and O–H groups in total. The minimum Gasteiger partial charge on any atom is -0.506 e. The fourth-order valence-corrected chi connectivity index (χ4v) is 2.04. The van der Waals surface area contributed by atoms with Crippen LogP contribution in [0.25, 0.3) is 22.8 Å². The zero-order valence-corrected chi connectivity index (χ0v) is 11.8. The lowest BCUT2D eigenvalue weighted by atomic mass is 10.2. The molecule has 0 spiro atoms. The lowest BCUT2D eigenvalue weighted by molar-refractivity contribution is 0.414. The fourth-order valence-electron chi connectivity index (χ4n) is 1.86. The second-order valence-corrected chi connectivity index (χ2v) is 4.73. The van der Waals surface area contributed by atoms with Crippen molar-refractivity contribution in [2.24, 2.45) is 0 Å². The van der Waals surface area contributed by atoms with Crippen molar-refractivity contribution >= 4 is 11.6 Å². The Bertz CT molecular complexity index is 786. The number of hydrogen-bond acceptors (Lipinski definition) is 5. The molecule has 0 amide bonds. The molecule has 3 rings (SSSR count). The number of nitrogens with zero attached hydrogens (tertiary/aromatic N) is 2. The Morgan fingerprint density at radius 3 is 2.76 bits per heavy atom. The Morgan fingerprint density at radius 1 is 1.14 bits per heavy atom. The van der Waals surface area contributed by atoms with Crippen LogP contribution in [-0.4, -0.2) is 22.4 Å². The monoisotopic (exact) mass is 302 g/mol. The third kappa shape index (κ3) is 2.68. The Labute approximate surface area is 125 Å². The summed E-state index contributed by atoms with van der Waals surface area (Å²) in [6, 6.07) is 12.1. The highest BCUT2D eigenvalue weighted by Crippen LogP contribution is 2.30. The van der Waals surface area contributed by atoms with Crippen LogP contribution in [0, 0.1) is 0 Å². The van der Waals surface area contributed by atoms with Crippen LogP contribution in [0.4, 0.5) is 0 Å². The van der Waals surface area contributed by atoms with Gasteiger partial charge < -0.3 is 14.4 Å². The molecule has 0 radical (unpaired) electrons. The molecule has 1 aromatic heterocycles. The first-order chi connectivity index (χ1) is 10.2. The Hall–Kier alpha value is -2.53. The van der Waals surface area contributed by atoms with Crippen molar-refractivity contribution in [1.82, 2.24) is 10.1 Å².